The topological polar surface area (TPSA) is 130 Å². The van der Waals surface area contributed by atoms with Crippen LogP contribution in [0, 0.1) is 17.8 Å². The normalized spacial score (nSPS) is 21.9. The molecule has 1 heterocycles. The number of nitrogens with zero attached hydrogens (tertiary/aromatic N) is 1. The number of rotatable bonds is 9. The van der Waals surface area contributed by atoms with E-state index in [1.165, 1.54) is 0 Å². The first-order chi connectivity index (χ1) is 19.4. The highest BCUT2D eigenvalue weighted by atomic mass is 35.5. The molecule has 0 amide bonds. The summed E-state index contributed by atoms with van der Waals surface area (Å²) in [5.74, 6) is -0.236. The summed E-state index contributed by atoms with van der Waals surface area (Å²) in [6, 6.07) is 10.8. The van der Waals surface area contributed by atoms with E-state index in [4.69, 9.17) is 21.5 Å². The van der Waals surface area contributed by atoms with Gasteiger partial charge in [0, 0.05) is 18.1 Å². The fraction of sp³-hybridized carbons (Fsp3) is 0.516. The summed E-state index contributed by atoms with van der Waals surface area (Å²) < 4.78 is 29.6. The number of primary sulfonamides is 1. The Labute approximate surface area is 248 Å². The predicted octanol–water partition coefficient (Wildman–Crippen LogP) is 5.41. The minimum Gasteiger partial charge on any atom is -0.487 e. The fourth-order valence-electron chi connectivity index (χ4n) is 5.72. The zero-order valence-electron chi connectivity index (χ0n) is 23.7. The van der Waals surface area contributed by atoms with Gasteiger partial charge in [0.05, 0.1) is 22.6 Å². The number of aromatic carboxylic acids is 1. The molecule has 4 rings (SSSR count). The summed E-state index contributed by atoms with van der Waals surface area (Å²) in [6.45, 7) is 5.20. The van der Waals surface area contributed by atoms with E-state index < -0.39 is 27.3 Å². The maximum atomic E-state index is 11.8. The van der Waals surface area contributed by atoms with Crippen LogP contribution in [0.5, 0.6) is 5.75 Å². The lowest BCUT2D eigenvalue weighted by Crippen LogP contribution is -2.43. The Morgan fingerprint density at radius 2 is 1.95 bits per heavy atom. The summed E-state index contributed by atoms with van der Waals surface area (Å²) in [6.07, 6.45) is 8.08. The number of anilines is 1. The van der Waals surface area contributed by atoms with E-state index in [0.717, 1.165) is 55.5 Å². The number of allylic oxidation sites excluding steroid dienone is 1. The van der Waals surface area contributed by atoms with E-state index in [0.29, 0.717) is 30.3 Å². The average molecular weight is 605 g/mol. The maximum absolute atomic E-state index is 11.8. The van der Waals surface area contributed by atoms with E-state index in [2.05, 4.69) is 4.90 Å². The second-order valence-electron chi connectivity index (χ2n) is 11.5. The number of aryl methyl sites for hydroxylation is 1. The Kier molecular flexibility index (Phi) is 10.4. The summed E-state index contributed by atoms with van der Waals surface area (Å²) >= 11 is 6.27. The molecule has 0 spiro atoms. The molecule has 2 aromatic rings. The van der Waals surface area contributed by atoms with Gasteiger partial charge in [0.15, 0.2) is 0 Å². The van der Waals surface area contributed by atoms with Crippen LogP contribution in [0.1, 0.15) is 67.4 Å². The number of hydrogen-bond acceptors (Lipinski definition) is 6. The van der Waals surface area contributed by atoms with Crippen molar-refractivity contribution >= 4 is 33.3 Å². The number of aliphatic hydroxyl groups excluding tert-OH is 1. The molecule has 1 saturated carbocycles. The molecule has 0 bridgehead atoms. The summed E-state index contributed by atoms with van der Waals surface area (Å²) in [7, 11) is -3.61. The molecule has 4 N–H and O–H groups in total. The Hall–Kier alpha value is -2.59. The van der Waals surface area contributed by atoms with E-state index in [-0.39, 0.29) is 23.3 Å². The SMILES string of the molecule is C[C@H](C/C=C/[C@H](O)[C@@H]1CC[C@H]1CN1CCCCc2cc(Cl)ccc2COc2ccc(C(=O)O)cc21)[C@@H](C)S(N)(=O)=O. The number of sulfonamides is 1. The van der Waals surface area contributed by atoms with Crippen molar-refractivity contribution in [3.8, 4) is 5.75 Å². The molecule has 1 aliphatic heterocycles. The smallest absolute Gasteiger partial charge is 0.335 e. The zero-order chi connectivity index (χ0) is 29.7. The maximum Gasteiger partial charge on any atom is 0.335 e. The van der Waals surface area contributed by atoms with Crippen LogP contribution in [-0.4, -0.2) is 49.0 Å². The fourth-order valence-corrected chi connectivity index (χ4v) is 6.67. The molecule has 41 heavy (non-hydrogen) atoms. The first-order valence-electron chi connectivity index (χ1n) is 14.3. The highest BCUT2D eigenvalue weighted by Gasteiger charge is 2.37. The van der Waals surface area contributed by atoms with Crippen LogP contribution in [-0.2, 0) is 23.1 Å². The predicted molar refractivity (Wildman–Crippen MR) is 162 cm³/mol. The van der Waals surface area contributed by atoms with Crippen LogP contribution in [0.15, 0.2) is 48.6 Å². The summed E-state index contributed by atoms with van der Waals surface area (Å²) in [5.41, 5.74) is 3.19. The van der Waals surface area contributed by atoms with E-state index in [1.807, 2.05) is 31.2 Å². The number of ether oxygens (including phenoxy) is 1. The van der Waals surface area contributed by atoms with E-state index in [1.54, 1.807) is 31.2 Å². The number of halogens is 1. The monoisotopic (exact) mass is 604 g/mol. The van der Waals surface area contributed by atoms with Gasteiger partial charge in [-0.2, -0.15) is 0 Å². The summed E-state index contributed by atoms with van der Waals surface area (Å²) in [5, 5.41) is 26.0. The lowest BCUT2D eigenvalue weighted by molar-refractivity contribution is 0.0461. The minimum absolute atomic E-state index is 0.0637. The van der Waals surface area contributed by atoms with Crippen LogP contribution in [0.2, 0.25) is 5.02 Å². The first-order valence-corrected chi connectivity index (χ1v) is 16.3. The standard InChI is InChI=1S/C31H41ClN2O6S/c1-20(21(2)41(33,38)39)6-5-8-29(35)27-13-10-24(27)18-34-15-4-3-7-22-16-26(32)12-9-25(22)19-40-30-14-11-23(31(36)37)17-28(30)34/h5,8-9,11-12,14,16-17,20-21,24,27,29,35H,3-4,6-7,10,13,15,18-19H2,1-2H3,(H,36,37)(H2,33,38,39)/b8-5+/t20-,21-,24+,27-,29+/m1/s1. The molecule has 0 unspecified atom stereocenters. The van der Waals surface area contributed by atoms with Crippen molar-refractivity contribution in [3.63, 3.8) is 0 Å². The van der Waals surface area contributed by atoms with Gasteiger partial charge in [0.25, 0.3) is 0 Å². The van der Waals surface area contributed by atoms with Crippen molar-refractivity contribution in [1.29, 1.82) is 0 Å². The summed E-state index contributed by atoms with van der Waals surface area (Å²) in [4.78, 5) is 14.1. The molecule has 0 aromatic heterocycles. The number of aliphatic hydroxyl groups is 1. The van der Waals surface area contributed by atoms with Crippen molar-refractivity contribution in [2.75, 3.05) is 18.0 Å². The van der Waals surface area contributed by atoms with Crippen LogP contribution in [0.4, 0.5) is 5.69 Å². The number of fused-ring (bicyclic) bond motifs is 2. The molecule has 1 fully saturated rings. The van der Waals surface area contributed by atoms with Crippen molar-refractivity contribution in [1.82, 2.24) is 0 Å². The van der Waals surface area contributed by atoms with E-state index >= 15 is 0 Å². The number of benzene rings is 2. The second kappa shape index (κ2) is 13.6. The third kappa shape index (κ3) is 8.03. The number of nitrogens with two attached hydrogens (primary N) is 1. The first kappa shape index (κ1) is 31.3. The van der Waals surface area contributed by atoms with Gasteiger partial charge in [-0.15, -0.1) is 0 Å². The van der Waals surface area contributed by atoms with Gasteiger partial charge in [0.2, 0.25) is 10.0 Å². The molecule has 0 saturated heterocycles. The van der Waals surface area contributed by atoms with Crippen LogP contribution >= 0.6 is 11.6 Å². The Balaban J connectivity index is 1.50. The average Bonchev–Trinajstić information content (AvgIpc) is 2.93. The highest BCUT2D eigenvalue weighted by molar-refractivity contribution is 7.89. The van der Waals surface area contributed by atoms with Crippen LogP contribution in [0.25, 0.3) is 0 Å². The lowest BCUT2D eigenvalue weighted by Gasteiger charge is -2.42. The van der Waals surface area contributed by atoms with Gasteiger partial charge >= 0.3 is 5.97 Å². The highest BCUT2D eigenvalue weighted by Crippen LogP contribution is 2.41. The van der Waals surface area contributed by atoms with Crippen molar-refractivity contribution < 1.29 is 28.2 Å². The Bertz CT molecular complexity index is 1360. The number of hydrogen-bond donors (Lipinski definition) is 3. The van der Waals surface area contributed by atoms with Gasteiger partial charge in [0.1, 0.15) is 12.4 Å². The third-order valence-electron chi connectivity index (χ3n) is 8.75. The number of carbonyl (C=O) groups is 1. The molecule has 224 valence electrons. The molecule has 0 radical (unpaired) electrons. The molecule has 2 aliphatic rings. The molecule has 1 aliphatic carbocycles. The van der Waals surface area contributed by atoms with Gasteiger partial charge in [-0.05, 0) is 105 Å². The Morgan fingerprint density at radius 3 is 2.63 bits per heavy atom. The van der Waals surface area contributed by atoms with Crippen molar-refractivity contribution in [2.45, 2.75) is 70.3 Å². The van der Waals surface area contributed by atoms with Crippen molar-refractivity contribution in [2.24, 2.45) is 22.9 Å². The molecular weight excluding hydrogens is 564 g/mol. The van der Waals surface area contributed by atoms with Gasteiger partial charge in [-0.25, -0.2) is 18.4 Å². The second-order valence-corrected chi connectivity index (χ2v) is 13.9. The lowest BCUT2D eigenvalue weighted by atomic mass is 9.70. The largest absolute Gasteiger partial charge is 0.487 e. The number of carboxylic acid groups (broad SMARTS) is 1. The van der Waals surface area contributed by atoms with Gasteiger partial charge < -0.3 is 19.8 Å². The third-order valence-corrected chi connectivity index (χ3v) is 10.5. The zero-order valence-corrected chi connectivity index (χ0v) is 25.3. The van der Waals surface area contributed by atoms with E-state index in [9.17, 15) is 23.4 Å². The van der Waals surface area contributed by atoms with Crippen LogP contribution in [0.3, 0.4) is 0 Å². The quantitative estimate of drug-likeness (QED) is 0.326. The molecule has 5 atom stereocenters. The Morgan fingerprint density at radius 1 is 1.17 bits per heavy atom. The number of carboxylic acids is 1. The molecule has 8 nitrogen and oxygen atoms in total. The van der Waals surface area contributed by atoms with Crippen LogP contribution < -0.4 is 14.8 Å². The molecular formula is C31H41ClN2O6S. The van der Waals surface area contributed by atoms with Gasteiger partial charge in [-0.1, -0.05) is 36.7 Å². The van der Waals surface area contributed by atoms with Crippen molar-refractivity contribution in [3.05, 3.63) is 70.3 Å². The molecule has 10 heteroatoms. The van der Waals surface area contributed by atoms with Gasteiger partial charge in [-0.3, -0.25) is 0 Å². The minimum atomic E-state index is -3.61. The molecule has 2 aromatic carbocycles.